The van der Waals surface area contributed by atoms with Crippen LogP contribution in [0.3, 0.4) is 0 Å². The van der Waals surface area contributed by atoms with E-state index in [1.807, 2.05) is 0 Å². The molecule has 0 aromatic rings. The first-order valence-electron chi connectivity index (χ1n) is 7.32. The summed E-state index contributed by atoms with van der Waals surface area (Å²) in [5.41, 5.74) is 1.31. The number of hydrogen-bond donors (Lipinski definition) is 1. The molecule has 0 amide bonds. The standard InChI is InChI=1S/C15H27NO/c1-14(2)13(10-16-6-7-17-3)15(14)9-11-4-5-12(15)8-11/h11-13,16H,4-10H2,1-3H3. The van der Waals surface area contributed by atoms with Crippen molar-refractivity contribution in [1.82, 2.24) is 5.32 Å². The van der Waals surface area contributed by atoms with E-state index in [0.717, 1.165) is 36.3 Å². The lowest BCUT2D eigenvalue weighted by Gasteiger charge is -2.25. The number of fused-ring (bicyclic) bond motifs is 3. The molecule has 2 bridgehead atoms. The zero-order chi connectivity index (χ0) is 12.1. The normalized spacial score (nSPS) is 45.7. The van der Waals surface area contributed by atoms with E-state index in [0.29, 0.717) is 5.41 Å². The maximum atomic E-state index is 5.10. The number of nitrogens with one attached hydrogen (secondary N) is 1. The Morgan fingerprint density at radius 1 is 1.29 bits per heavy atom. The van der Waals surface area contributed by atoms with Crippen LogP contribution in [0.5, 0.6) is 0 Å². The van der Waals surface area contributed by atoms with Crippen molar-refractivity contribution < 1.29 is 4.74 Å². The van der Waals surface area contributed by atoms with Gasteiger partial charge < -0.3 is 10.1 Å². The van der Waals surface area contributed by atoms with Crippen LogP contribution in [0, 0.1) is 28.6 Å². The van der Waals surface area contributed by atoms with Crippen LogP contribution in [0.4, 0.5) is 0 Å². The van der Waals surface area contributed by atoms with Crippen LogP contribution in [-0.4, -0.2) is 26.8 Å². The van der Waals surface area contributed by atoms with Crippen molar-refractivity contribution in [2.75, 3.05) is 26.8 Å². The molecule has 3 saturated carbocycles. The molecule has 98 valence electrons. The first-order valence-corrected chi connectivity index (χ1v) is 7.32. The molecule has 3 rings (SSSR count). The number of rotatable bonds is 5. The summed E-state index contributed by atoms with van der Waals surface area (Å²) in [6, 6.07) is 0. The highest BCUT2D eigenvalue weighted by molar-refractivity contribution is 5.24. The van der Waals surface area contributed by atoms with Gasteiger partial charge in [-0.25, -0.2) is 0 Å². The van der Waals surface area contributed by atoms with Crippen LogP contribution in [0.25, 0.3) is 0 Å². The Kier molecular flexibility index (Phi) is 2.79. The fraction of sp³-hybridized carbons (Fsp3) is 1.00. The van der Waals surface area contributed by atoms with E-state index in [9.17, 15) is 0 Å². The maximum absolute atomic E-state index is 5.10. The SMILES string of the molecule is COCCNCC1C(C)(C)C12CC1CCC2C1. The maximum Gasteiger partial charge on any atom is 0.0587 e. The zero-order valence-corrected chi connectivity index (χ0v) is 11.6. The average molecular weight is 237 g/mol. The van der Waals surface area contributed by atoms with Gasteiger partial charge in [0, 0.05) is 13.7 Å². The Hall–Kier alpha value is -0.0800. The third-order valence-corrected chi connectivity index (χ3v) is 6.34. The largest absolute Gasteiger partial charge is 0.383 e. The highest BCUT2D eigenvalue weighted by Crippen LogP contribution is 2.81. The first-order chi connectivity index (χ1) is 8.13. The topological polar surface area (TPSA) is 21.3 Å². The molecule has 0 aromatic heterocycles. The zero-order valence-electron chi connectivity index (χ0n) is 11.6. The molecule has 4 unspecified atom stereocenters. The van der Waals surface area contributed by atoms with Crippen LogP contribution in [-0.2, 0) is 4.74 Å². The molecule has 0 heterocycles. The fourth-order valence-electron chi connectivity index (χ4n) is 5.45. The van der Waals surface area contributed by atoms with Gasteiger partial charge in [-0.1, -0.05) is 20.3 Å². The molecule has 2 heteroatoms. The van der Waals surface area contributed by atoms with Gasteiger partial charge in [0.2, 0.25) is 0 Å². The van der Waals surface area contributed by atoms with E-state index in [1.54, 1.807) is 7.11 Å². The summed E-state index contributed by atoms with van der Waals surface area (Å²) in [5, 5.41) is 3.59. The van der Waals surface area contributed by atoms with Crippen LogP contribution in [0.15, 0.2) is 0 Å². The number of methoxy groups -OCH3 is 1. The summed E-state index contributed by atoms with van der Waals surface area (Å²) in [6.07, 6.45) is 6.11. The van der Waals surface area contributed by atoms with Crippen molar-refractivity contribution >= 4 is 0 Å². The highest BCUT2D eigenvalue weighted by Gasteiger charge is 2.76. The van der Waals surface area contributed by atoms with Crippen molar-refractivity contribution in [3.05, 3.63) is 0 Å². The van der Waals surface area contributed by atoms with E-state index in [-0.39, 0.29) is 0 Å². The summed E-state index contributed by atoms with van der Waals surface area (Å²) >= 11 is 0. The molecule has 4 atom stereocenters. The van der Waals surface area contributed by atoms with Gasteiger partial charge in [-0.15, -0.1) is 0 Å². The minimum absolute atomic E-state index is 0.590. The molecule has 0 radical (unpaired) electrons. The van der Waals surface area contributed by atoms with Crippen molar-refractivity contribution in [3.63, 3.8) is 0 Å². The van der Waals surface area contributed by atoms with E-state index in [1.165, 1.54) is 32.2 Å². The average Bonchev–Trinajstić information content (AvgIpc) is 2.74. The molecular weight excluding hydrogens is 210 g/mol. The molecule has 0 aromatic carbocycles. The van der Waals surface area contributed by atoms with Gasteiger partial charge in [0.25, 0.3) is 0 Å². The van der Waals surface area contributed by atoms with Gasteiger partial charge >= 0.3 is 0 Å². The first kappa shape index (κ1) is 12.0. The van der Waals surface area contributed by atoms with Crippen molar-refractivity contribution in [1.29, 1.82) is 0 Å². The van der Waals surface area contributed by atoms with Gasteiger partial charge in [-0.3, -0.25) is 0 Å². The van der Waals surface area contributed by atoms with Gasteiger partial charge in [-0.2, -0.15) is 0 Å². The smallest absolute Gasteiger partial charge is 0.0587 e. The Morgan fingerprint density at radius 3 is 2.71 bits per heavy atom. The predicted molar refractivity (Wildman–Crippen MR) is 69.9 cm³/mol. The second-order valence-corrected chi connectivity index (χ2v) is 7.09. The summed E-state index contributed by atoms with van der Waals surface area (Å²) < 4.78 is 5.10. The third-order valence-electron chi connectivity index (χ3n) is 6.34. The Labute approximate surface area is 105 Å². The molecule has 3 aliphatic carbocycles. The van der Waals surface area contributed by atoms with Gasteiger partial charge in [0.1, 0.15) is 0 Å². The summed E-state index contributed by atoms with van der Waals surface area (Å²) in [6.45, 7) is 8.08. The molecular formula is C15H27NO. The molecule has 1 spiro atoms. The molecule has 0 aliphatic heterocycles. The van der Waals surface area contributed by atoms with E-state index in [4.69, 9.17) is 4.74 Å². The summed E-state index contributed by atoms with van der Waals surface area (Å²) in [5.74, 6) is 3.04. The molecule has 0 saturated heterocycles. The lowest BCUT2D eigenvalue weighted by atomic mass is 9.79. The monoisotopic (exact) mass is 237 g/mol. The molecule has 3 fully saturated rings. The quantitative estimate of drug-likeness (QED) is 0.742. The Balaban J connectivity index is 1.59. The molecule has 3 aliphatic rings. The van der Waals surface area contributed by atoms with Gasteiger partial charge in [0.15, 0.2) is 0 Å². The molecule has 1 N–H and O–H groups in total. The molecule has 2 nitrogen and oxygen atoms in total. The second kappa shape index (κ2) is 3.96. The summed E-state index contributed by atoms with van der Waals surface area (Å²) in [7, 11) is 1.78. The van der Waals surface area contributed by atoms with Crippen molar-refractivity contribution in [2.45, 2.75) is 39.5 Å². The third kappa shape index (κ3) is 1.53. The van der Waals surface area contributed by atoms with Crippen molar-refractivity contribution in [2.24, 2.45) is 28.6 Å². The lowest BCUT2D eigenvalue weighted by molar-refractivity contribution is 0.197. The Morgan fingerprint density at radius 2 is 2.12 bits per heavy atom. The fourth-order valence-corrected chi connectivity index (χ4v) is 5.45. The van der Waals surface area contributed by atoms with E-state index >= 15 is 0 Å². The second-order valence-electron chi connectivity index (χ2n) is 7.09. The highest BCUT2D eigenvalue weighted by atomic mass is 16.5. The minimum Gasteiger partial charge on any atom is -0.383 e. The van der Waals surface area contributed by atoms with Gasteiger partial charge in [0.05, 0.1) is 6.61 Å². The van der Waals surface area contributed by atoms with Crippen LogP contribution in [0.1, 0.15) is 39.5 Å². The molecule has 17 heavy (non-hydrogen) atoms. The van der Waals surface area contributed by atoms with E-state index < -0.39 is 0 Å². The van der Waals surface area contributed by atoms with Crippen LogP contribution in [0.2, 0.25) is 0 Å². The van der Waals surface area contributed by atoms with Crippen molar-refractivity contribution in [3.8, 4) is 0 Å². The minimum atomic E-state index is 0.590. The lowest BCUT2D eigenvalue weighted by Crippen LogP contribution is -2.25. The summed E-state index contributed by atoms with van der Waals surface area (Å²) in [4.78, 5) is 0. The Bertz CT molecular complexity index is 301. The van der Waals surface area contributed by atoms with E-state index in [2.05, 4.69) is 19.2 Å². The van der Waals surface area contributed by atoms with Crippen LogP contribution >= 0.6 is 0 Å². The van der Waals surface area contributed by atoms with Crippen LogP contribution < -0.4 is 5.32 Å². The predicted octanol–water partition coefficient (Wildman–Crippen LogP) is 2.68. The number of hydrogen-bond acceptors (Lipinski definition) is 2. The number of ether oxygens (including phenoxy) is 1. The van der Waals surface area contributed by atoms with Gasteiger partial charge in [-0.05, 0) is 54.4 Å².